The number of imidazole rings is 1. The molecule has 4 rings (SSSR count). The lowest BCUT2D eigenvalue weighted by Gasteiger charge is -2.09. The molecule has 1 aliphatic carbocycles. The number of hydrogen-bond donors (Lipinski definition) is 2. The van der Waals surface area contributed by atoms with Gasteiger partial charge in [-0.25, -0.2) is 4.98 Å². The molecule has 7 nitrogen and oxygen atoms in total. The van der Waals surface area contributed by atoms with Crippen molar-refractivity contribution in [2.24, 2.45) is 13.0 Å². The Morgan fingerprint density at radius 3 is 2.77 bits per heavy atom. The van der Waals surface area contributed by atoms with E-state index in [-0.39, 0.29) is 24.3 Å². The SMILES string of the molecule is Cc1ccccc1OCC(=O)Nc1ccc2c(c1)nc(CCNC(=O)C1CC1)n2C. The first-order valence-electron chi connectivity index (χ1n) is 10.2. The van der Waals surface area contributed by atoms with Crippen LogP contribution in [0.2, 0.25) is 0 Å². The topological polar surface area (TPSA) is 85.2 Å². The average molecular weight is 406 g/mol. The molecule has 0 saturated heterocycles. The fourth-order valence-electron chi connectivity index (χ4n) is 3.40. The van der Waals surface area contributed by atoms with E-state index in [0.29, 0.717) is 24.4 Å². The number of nitrogens with one attached hydrogen (secondary N) is 2. The summed E-state index contributed by atoms with van der Waals surface area (Å²) in [7, 11) is 1.96. The van der Waals surface area contributed by atoms with Crippen LogP contribution in [0.25, 0.3) is 11.0 Å². The van der Waals surface area contributed by atoms with Crippen molar-refractivity contribution in [2.75, 3.05) is 18.5 Å². The van der Waals surface area contributed by atoms with Gasteiger partial charge in [0.25, 0.3) is 5.91 Å². The summed E-state index contributed by atoms with van der Waals surface area (Å²) in [6.45, 7) is 2.46. The van der Waals surface area contributed by atoms with Crippen LogP contribution in [0.3, 0.4) is 0 Å². The summed E-state index contributed by atoms with van der Waals surface area (Å²) >= 11 is 0. The van der Waals surface area contributed by atoms with Gasteiger partial charge in [0.1, 0.15) is 11.6 Å². The van der Waals surface area contributed by atoms with E-state index in [1.54, 1.807) is 0 Å². The largest absolute Gasteiger partial charge is 0.483 e. The number of hydrogen-bond acceptors (Lipinski definition) is 4. The smallest absolute Gasteiger partial charge is 0.262 e. The number of aryl methyl sites for hydroxylation is 2. The van der Waals surface area contributed by atoms with E-state index in [9.17, 15) is 9.59 Å². The molecule has 2 N–H and O–H groups in total. The molecule has 1 aliphatic rings. The molecule has 0 spiro atoms. The maximum atomic E-state index is 12.3. The summed E-state index contributed by atoms with van der Waals surface area (Å²) in [6, 6.07) is 13.2. The van der Waals surface area contributed by atoms with Gasteiger partial charge in [-0.3, -0.25) is 9.59 Å². The first-order chi connectivity index (χ1) is 14.5. The number of anilines is 1. The molecule has 156 valence electrons. The summed E-state index contributed by atoms with van der Waals surface area (Å²) in [4.78, 5) is 28.7. The second-order valence-electron chi connectivity index (χ2n) is 7.71. The lowest BCUT2D eigenvalue weighted by molar-refractivity contribution is -0.122. The maximum Gasteiger partial charge on any atom is 0.262 e. The zero-order valence-corrected chi connectivity index (χ0v) is 17.3. The number of carbonyl (C=O) groups excluding carboxylic acids is 2. The van der Waals surface area contributed by atoms with E-state index in [4.69, 9.17) is 4.74 Å². The van der Waals surface area contributed by atoms with E-state index in [0.717, 1.165) is 35.3 Å². The number of nitrogens with zero attached hydrogens (tertiary/aromatic N) is 2. The predicted molar refractivity (Wildman–Crippen MR) is 115 cm³/mol. The Morgan fingerprint density at radius 1 is 1.20 bits per heavy atom. The van der Waals surface area contributed by atoms with Crippen LogP contribution in [0.5, 0.6) is 5.75 Å². The Kier molecular flexibility index (Phi) is 5.70. The van der Waals surface area contributed by atoms with Crippen LogP contribution in [-0.2, 0) is 23.1 Å². The number of rotatable bonds is 8. The quantitative estimate of drug-likeness (QED) is 0.602. The molecular weight excluding hydrogens is 380 g/mol. The van der Waals surface area contributed by atoms with Gasteiger partial charge in [-0.2, -0.15) is 0 Å². The number of para-hydroxylation sites is 1. The molecule has 0 radical (unpaired) electrons. The minimum atomic E-state index is -0.225. The molecular formula is C23H26N4O3. The Labute approximate surface area is 175 Å². The Morgan fingerprint density at radius 2 is 2.00 bits per heavy atom. The summed E-state index contributed by atoms with van der Waals surface area (Å²) in [6.07, 6.45) is 2.67. The van der Waals surface area contributed by atoms with Gasteiger partial charge in [-0.05, 0) is 49.6 Å². The fourth-order valence-corrected chi connectivity index (χ4v) is 3.40. The van der Waals surface area contributed by atoms with Gasteiger partial charge in [0.05, 0.1) is 11.0 Å². The third-order valence-corrected chi connectivity index (χ3v) is 5.31. The van der Waals surface area contributed by atoms with Gasteiger partial charge in [0, 0.05) is 31.6 Å². The standard InChI is InChI=1S/C23H26N4O3/c1-15-5-3-4-6-20(15)30-14-22(28)25-17-9-10-19-18(13-17)26-21(27(19)2)11-12-24-23(29)16-7-8-16/h3-6,9-10,13,16H,7-8,11-12,14H2,1-2H3,(H,24,29)(H,25,28). The molecule has 0 bridgehead atoms. The molecule has 3 aromatic rings. The molecule has 0 atom stereocenters. The van der Waals surface area contributed by atoms with Crippen molar-refractivity contribution in [3.8, 4) is 5.75 Å². The molecule has 1 fully saturated rings. The summed E-state index contributed by atoms with van der Waals surface area (Å²) < 4.78 is 7.62. The molecule has 1 saturated carbocycles. The molecule has 2 amide bonds. The van der Waals surface area contributed by atoms with E-state index < -0.39 is 0 Å². The molecule has 30 heavy (non-hydrogen) atoms. The second-order valence-corrected chi connectivity index (χ2v) is 7.71. The highest BCUT2D eigenvalue weighted by Gasteiger charge is 2.29. The van der Waals surface area contributed by atoms with Crippen molar-refractivity contribution in [1.29, 1.82) is 0 Å². The molecule has 1 heterocycles. The number of carbonyl (C=O) groups is 2. The summed E-state index contributed by atoms with van der Waals surface area (Å²) in [5.74, 6) is 1.73. The molecule has 1 aromatic heterocycles. The van der Waals surface area contributed by atoms with Crippen LogP contribution in [0.1, 0.15) is 24.2 Å². The Bertz CT molecular complexity index is 1090. The number of aromatic nitrogens is 2. The van der Waals surface area contributed by atoms with E-state index in [1.165, 1.54) is 0 Å². The normalized spacial score (nSPS) is 13.3. The number of benzene rings is 2. The Hall–Kier alpha value is -3.35. The summed E-state index contributed by atoms with van der Waals surface area (Å²) in [5.41, 5.74) is 3.44. The van der Waals surface area contributed by atoms with Crippen molar-refractivity contribution < 1.29 is 14.3 Å². The first-order valence-corrected chi connectivity index (χ1v) is 10.2. The monoisotopic (exact) mass is 406 g/mol. The first kappa shape index (κ1) is 19.9. The highest BCUT2D eigenvalue weighted by atomic mass is 16.5. The average Bonchev–Trinajstić information content (AvgIpc) is 3.53. The van der Waals surface area contributed by atoms with E-state index in [2.05, 4.69) is 15.6 Å². The van der Waals surface area contributed by atoms with Crippen LogP contribution in [0.15, 0.2) is 42.5 Å². The van der Waals surface area contributed by atoms with Crippen LogP contribution in [0, 0.1) is 12.8 Å². The highest BCUT2D eigenvalue weighted by molar-refractivity contribution is 5.94. The van der Waals surface area contributed by atoms with Gasteiger partial charge in [0.2, 0.25) is 5.91 Å². The molecule has 2 aromatic carbocycles. The minimum Gasteiger partial charge on any atom is -0.483 e. The minimum absolute atomic E-state index is 0.0585. The zero-order chi connectivity index (χ0) is 21.1. The van der Waals surface area contributed by atoms with Crippen LogP contribution in [-0.4, -0.2) is 34.5 Å². The lowest BCUT2D eigenvalue weighted by atomic mass is 10.2. The van der Waals surface area contributed by atoms with Gasteiger partial charge in [0.15, 0.2) is 6.61 Å². The molecule has 0 unspecified atom stereocenters. The lowest BCUT2D eigenvalue weighted by Crippen LogP contribution is -2.27. The van der Waals surface area contributed by atoms with Crippen molar-refractivity contribution in [2.45, 2.75) is 26.2 Å². The molecule has 7 heteroatoms. The van der Waals surface area contributed by atoms with Crippen molar-refractivity contribution in [3.05, 3.63) is 53.9 Å². The van der Waals surface area contributed by atoms with Gasteiger partial charge in [-0.15, -0.1) is 0 Å². The zero-order valence-electron chi connectivity index (χ0n) is 17.3. The molecule has 0 aliphatic heterocycles. The fraction of sp³-hybridized carbons (Fsp3) is 0.348. The van der Waals surface area contributed by atoms with Gasteiger partial charge >= 0.3 is 0 Å². The second kappa shape index (κ2) is 8.57. The van der Waals surface area contributed by atoms with Gasteiger partial charge in [-0.1, -0.05) is 18.2 Å². The Balaban J connectivity index is 1.36. The van der Waals surface area contributed by atoms with E-state index in [1.807, 2.05) is 61.0 Å². The predicted octanol–water partition coefficient (Wildman–Crippen LogP) is 2.97. The van der Waals surface area contributed by atoms with E-state index >= 15 is 0 Å². The van der Waals surface area contributed by atoms with Gasteiger partial charge < -0.3 is 19.9 Å². The van der Waals surface area contributed by atoms with Crippen LogP contribution in [0.4, 0.5) is 5.69 Å². The third-order valence-electron chi connectivity index (χ3n) is 5.31. The van der Waals surface area contributed by atoms with Crippen LogP contribution < -0.4 is 15.4 Å². The van der Waals surface area contributed by atoms with Crippen molar-refractivity contribution in [1.82, 2.24) is 14.9 Å². The number of amides is 2. The number of ether oxygens (including phenoxy) is 1. The maximum absolute atomic E-state index is 12.3. The van der Waals surface area contributed by atoms with Crippen molar-refractivity contribution in [3.63, 3.8) is 0 Å². The van der Waals surface area contributed by atoms with Crippen molar-refractivity contribution >= 4 is 28.5 Å². The van der Waals surface area contributed by atoms with Crippen LogP contribution >= 0.6 is 0 Å². The summed E-state index contributed by atoms with van der Waals surface area (Å²) in [5, 5.41) is 5.83. The number of fused-ring (bicyclic) bond motifs is 1. The highest BCUT2D eigenvalue weighted by Crippen LogP contribution is 2.28. The third kappa shape index (κ3) is 4.62.